The molecule has 0 spiro atoms. The number of alkyl halides is 3. The smallest absolute Gasteiger partial charge is 0.166 e. The second-order valence-electron chi connectivity index (χ2n) is 2.69. The molecule has 1 aromatic carbocycles. The Morgan fingerprint density at radius 1 is 1.31 bits per heavy atom. The molecule has 1 rings (SSSR count). The summed E-state index contributed by atoms with van der Waals surface area (Å²) in [6.45, 7) is 1.59. The van der Waals surface area contributed by atoms with Gasteiger partial charge in [0, 0.05) is 5.56 Å². The van der Waals surface area contributed by atoms with E-state index in [2.05, 4.69) is 0 Å². The molecule has 0 fully saturated rings. The maximum Gasteiger partial charge on any atom is 0.417 e. The molecular weight excluding hydrogens is 177 g/mol. The highest BCUT2D eigenvalue weighted by molar-refractivity contribution is 5.43. The van der Waals surface area contributed by atoms with Gasteiger partial charge in [-0.3, -0.25) is 0 Å². The molecule has 0 amide bonds. The molecule has 0 unspecified atom stereocenters. The predicted octanol–water partition coefficient (Wildman–Crippen LogP) is 3.00. The van der Waals surface area contributed by atoms with E-state index in [0.29, 0.717) is 5.56 Å². The van der Waals surface area contributed by atoms with Crippen LogP contribution in [-0.2, 0) is 6.18 Å². The van der Waals surface area contributed by atoms with Crippen LogP contribution in [0, 0.1) is 19.3 Å². The largest absolute Gasteiger partial charge is 0.417 e. The number of terminal acetylenes is 1. The molecule has 1 aromatic rings. The summed E-state index contributed by atoms with van der Waals surface area (Å²) in [4.78, 5) is 0. The standard InChI is InChI=1S/C10H7F3/c1-3-8-5-4-7(2)6-9(8)10(11,12)13/h1,4-6H,2H3. The van der Waals surface area contributed by atoms with Crippen LogP contribution in [0.5, 0.6) is 0 Å². The third-order valence-corrected chi connectivity index (χ3v) is 1.64. The Hall–Kier alpha value is -1.43. The van der Waals surface area contributed by atoms with Gasteiger partial charge in [0.2, 0.25) is 0 Å². The van der Waals surface area contributed by atoms with Crippen LogP contribution in [0.4, 0.5) is 13.2 Å². The van der Waals surface area contributed by atoms with Gasteiger partial charge in [0.05, 0.1) is 5.56 Å². The van der Waals surface area contributed by atoms with Gasteiger partial charge in [-0.25, -0.2) is 0 Å². The van der Waals surface area contributed by atoms with Crippen molar-refractivity contribution >= 4 is 0 Å². The lowest BCUT2D eigenvalue weighted by atomic mass is 10.0. The molecule has 0 aliphatic rings. The predicted molar refractivity (Wildman–Crippen MR) is 44.1 cm³/mol. The Balaban J connectivity index is 3.35. The second-order valence-corrected chi connectivity index (χ2v) is 2.69. The van der Waals surface area contributed by atoms with E-state index in [0.717, 1.165) is 6.07 Å². The van der Waals surface area contributed by atoms with Crippen LogP contribution in [0.3, 0.4) is 0 Å². The van der Waals surface area contributed by atoms with E-state index in [1.165, 1.54) is 6.07 Å². The second kappa shape index (κ2) is 3.14. The average molecular weight is 184 g/mol. The Kier molecular flexibility index (Phi) is 2.33. The van der Waals surface area contributed by atoms with E-state index in [1.54, 1.807) is 13.0 Å². The highest BCUT2D eigenvalue weighted by Gasteiger charge is 2.32. The van der Waals surface area contributed by atoms with Gasteiger partial charge in [-0.1, -0.05) is 17.6 Å². The number of halogens is 3. The van der Waals surface area contributed by atoms with Crippen LogP contribution in [0.15, 0.2) is 18.2 Å². The summed E-state index contributed by atoms with van der Waals surface area (Å²) >= 11 is 0. The highest BCUT2D eigenvalue weighted by Crippen LogP contribution is 2.32. The molecule has 0 aliphatic heterocycles. The summed E-state index contributed by atoms with van der Waals surface area (Å²) in [6, 6.07) is 3.91. The van der Waals surface area contributed by atoms with Crippen molar-refractivity contribution < 1.29 is 13.2 Å². The molecular formula is C10H7F3. The highest BCUT2D eigenvalue weighted by atomic mass is 19.4. The number of aryl methyl sites for hydroxylation is 1. The van der Waals surface area contributed by atoms with E-state index in [9.17, 15) is 13.2 Å². The minimum atomic E-state index is -4.37. The van der Waals surface area contributed by atoms with E-state index < -0.39 is 11.7 Å². The topological polar surface area (TPSA) is 0 Å². The van der Waals surface area contributed by atoms with Gasteiger partial charge in [0.1, 0.15) is 0 Å². The summed E-state index contributed by atoms with van der Waals surface area (Å²) in [5.74, 6) is 2.01. The van der Waals surface area contributed by atoms with Gasteiger partial charge >= 0.3 is 6.18 Å². The van der Waals surface area contributed by atoms with Crippen LogP contribution < -0.4 is 0 Å². The normalized spacial score (nSPS) is 11.0. The number of hydrogen-bond donors (Lipinski definition) is 0. The van der Waals surface area contributed by atoms with Gasteiger partial charge in [0.25, 0.3) is 0 Å². The van der Waals surface area contributed by atoms with Crippen molar-refractivity contribution in [1.29, 1.82) is 0 Å². The Morgan fingerprint density at radius 3 is 2.38 bits per heavy atom. The summed E-state index contributed by atoms with van der Waals surface area (Å²) in [5.41, 5.74) is -0.306. The molecule has 13 heavy (non-hydrogen) atoms. The van der Waals surface area contributed by atoms with Crippen LogP contribution >= 0.6 is 0 Å². The Morgan fingerprint density at radius 2 is 1.92 bits per heavy atom. The molecule has 0 atom stereocenters. The Bertz CT molecular complexity index is 355. The van der Waals surface area contributed by atoms with Gasteiger partial charge in [-0.15, -0.1) is 6.42 Å². The van der Waals surface area contributed by atoms with Crippen LogP contribution in [0.1, 0.15) is 16.7 Å². The van der Waals surface area contributed by atoms with Crippen molar-refractivity contribution in [3.05, 3.63) is 34.9 Å². The van der Waals surface area contributed by atoms with Gasteiger partial charge in [-0.05, 0) is 19.1 Å². The zero-order chi connectivity index (χ0) is 10.1. The van der Waals surface area contributed by atoms with Crippen LogP contribution in [-0.4, -0.2) is 0 Å². The van der Waals surface area contributed by atoms with Crippen LogP contribution in [0.2, 0.25) is 0 Å². The molecule has 68 valence electrons. The lowest BCUT2D eigenvalue weighted by molar-refractivity contribution is -0.137. The summed E-state index contributed by atoms with van der Waals surface area (Å²) in [5, 5.41) is 0. The molecule has 0 saturated heterocycles. The fourth-order valence-electron chi connectivity index (χ4n) is 1.02. The molecule has 0 N–H and O–H groups in total. The first-order valence-corrected chi connectivity index (χ1v) is 3.59. The first-order chi connectivity index (χ1) is 5.95. The van der Waals surface area contributed by atoms with Crippen LogP contribution in [0.25, 0.3) is 0 Å². The van der Waals surface area contributed by atoms with Crippen molar-refractivity contribution in [2.75, 3.05) is 0 Å². The third-order valence-electron chi connectivity index (χ3n) is 1.64. The third kappa shape index (κ3) is 2.03. The molecule has 0 aromatic heterocycles. The molecule has 0 radical (unpaired) electrons. The lowest BCUT2D eigenvalue weighted by Gasteiger charge is -2.09. The molecule has 0 bridgehead atoms. The van der Waals surface area contributed by atoms with E-state index in [1.807, 2.05) is 5.92 Å². The molecule has 0 nitrogen and oxygen atoms in total. The molecule has 3 heteroatoms. The first-order valence-electron chi connectivity index (χ1n) is 3.59. The van der Waals surface area contributed by atoms with Crippen molar-refractivity contribution in [2.45, 2.75) is 13.1 Å². The van der Waals surface area contributed by atoms with E-state index >= 15 is 0 Å². The van der Waals surface area contributed by atoms with Crippen molar-refractivity contribution in [2.24, 2.45) is 0 Å². The van der Waals surface area contributed by atoms with Gasteiger partial charge in [0.15, 0.2) is 0 Å². The number of benzene rings is 1. The fraction of sp³-hybridized carbons (Fsp3) is 0.200. The minimum absolute atomic E-state index is 0.113. The Labute approximate surface area is 74.4 Å². The maximum atomic E-state index is 12.3. The zero-order valence-electron chi connectivity index (χ0n) is 6.94. The lowest BCUT2D eigenvalue weighted by Crippen LogP contribution is -2.07. The number of hydrogen-bond acceptors (Lipinski definition) is 0. The average Bonchev–Trinajstić information content (AvgIpc) is 2.03. The quantitative estimate of drug-likeness (QED) is 0.544. The number of rotatable bonds is 0. The van der Waals surface area contributed by atoms with Crippen molar-refractivity contribution in [3.63, 3.8) is 0 Å². The van der Waals surface area contributed by atoms with E-state index in [-0.39, 0.29) is 5.56 Å². The monoisotopic (exact) mass is 184 g/mol. The molecule has 0 aliphatic carbocycles. The van der Waals surface area contributed by atoms with Crippen molar-refractivity contribution in [1.82, 2.24) is 0 Å². The van der Waals surface area contributed by atoms with Crippen molar-refractivity contribution in [3.8, 4) is 12.3 Å². The summed E-state index contributed by atoms with van der Waals surface area (Å²) in [7, 11) is 0. The summed E-state index contributed by atoms with van der Waals surface area (Å²) < 4.78 is 37.0. The minimum Gasteiger partial charge on any atom is -0.166 e. The van der Waals surface area contributed by atoms with E-state index in [4.69, 9.17) is 6.42 Å². The zero-order valence-corrected chi connectivity index (χ0v) is 6.94. The SMILES string of the molecule is C#Cc1ccc(C)cc1C(F)(F)F. The molecule has 0 saturated carbocycles. The van der Waals surface area contributed by atoms with Gasteiger partial charge < -0.3 is 0 Å². The molecule has 0 heterocycles. The first kappa shape index (κ1) is 9.66. The maximum absolute atomic E-state index is 12.3. The van der Waals surface area contributed by atoms with Gasteiger partial charge in [-0.2, -0.15) is 13.2 Å². The fourth-order valence-corrected chi connectivity index (χ4v) is 1.02. The summed E-state index contributed by atoms with van der Waals surface area (Å²) in [6.07, 6.45) is 0.580.